The van der Waals surface area contributed by atoms with E-state index in [2.05, 4.69) is 10.2 Å². The minimum absolute atomic E-state index is 0.0285. The van der Waals surface area contributed by atoms with E-state index in [0.717, 1.165) is 18.7 Å². The first-order chi connectivity index (χ1) is 9.69. The maximum Gasteiger partial charge on any atom is 0.317 e. The molecule has 6 heteroatoms. The van der Waals surface area contributed by atoms with Crippen molar-refractivity contribution in [3.8, 4) is 0 Å². The van der Waals surface area contributed by atoms with Gasteiger partial charge in [0, 0.05) is 38.8 Å². The lowest BCUT2D eigenvalue weighted by Crippen LogP contribution is -2.53. The molecule has 1 aromatic carbocycles. The van der Waals surface area contributed by atoms with Crippen molar-refractivity contribution >= 4 is 6.03 Å². The largest absolute Gasteiger partial charge is 0.336 e. The second kappa shape index (κ2) is 5.38. The highest BCUT2D eigenvalue weighted by Gasteiger charge is 2.37. The Morgan fingerprint density at radius 2 is 2.10 bits per heavy atom. The second-order valence-electron chi connectivity index (χ2n) is 5.33. The third-order valence-electron chi connectivity index (χ3n) is 4.18. The SMILES string of the molecule is NCC(c1ccc(F)cc1)N1CCN2C(=O)NCC2C1. The summed E-state index contributed by atoms with van der Waals surface area (Å²) in [6.07, 6.45) is 0. The Kier molecular flexibility index (Phi) is 3.58. The standard InChI is InChI=1S/C14H19FN4O/c15-11-3-1-10(2-4-11)13(7-16)18-5-6-19-12(9-18)8-17-14(19)20/h1-4,12-13H,5-9,16H2,(H,17,20). The molecule has 2 amide bonds. The Balaban J connectivity index is 1.74. The molecule has 2 saturated heterocycles. The lowest BCUT2D eigenvalue weighted by atomic mass is 10.0. The van der Waals surface area contributed by atoms with E-state index in [1.54, 1.807) is 12.1 Å². The fraction of sp³-hybridized carbons (Fsp3) is 0.500. The van der Waals surface area contributed by atoms with Gasteiger partial charge in [-0.15, -0.1) is 0 Å². The predicted octanol–water partition coefficient (Wildman–Crippen LogP) is 0.535. The molecule has 108 valence electrons. The molecule has 2 aliphatic rings. The highest BCUT2D eigenvalue weighted by Crippen LogP contribution is 2.24. The fourth-order valence-electron chi connectivity index (χ4n) is 3.09. The zero-order valence-corrected chi connectivity index (χ0v) is 11.3. The molecule has 2 unspecified atom stereocenters. The molecule has 2 atom stereocenters. The highest BCUT2D eigenvalue weighted by atomic mass is 19.1. The molecule has 1 aromatic rings. The smallest absolute Gasteiger partial charge is 0.317 e. The summed E-state index contributed by atoms with van der Waals surface area (Å²) >= 11 is 0. The van der Waals surface area contributed by atoms with Crippen LogP contribution in [0.4, 0.5) is 9.18 Å². The first kappa shape index (κ1) is 13.3. The van der Waals surface area contributed by atoms with Gasteiger partial charge in [0.25, 0.3) is 0 Å². The molecule has 0 aliphatic carbocycles. The Morgan fingerprint density at radius 3 is 2.80 bits per heavy atom. The van der Waals surface area contributed by atoms with Gasteiger partial charge >= 0.3 is 6.03 Å². The van der Waals surface area contributed by atoms with Gasteiger partial charge in [-0.25, -0.2) is 9.18 Å². The zero-order valence-electron chi connectivity index (χ0n) is 11.3. The summed E-state index contributed by atoms with van der Waals surface area (Å²) in [6.45, 7) is 3.49. The average Bonchev–Trinajstić information content (AvgIpc) is 2.83. The maximum atomic E-state index is 13.0. The van der Waals surface area contributed by atoms with E-state index in [0.29, 0.717) is 19.6 Å². The van der Waals surface area contributed by atoms with Gasteiger partial charge in [0.15, 0.2) is 0 Å². The van der Waals surface area contributed by atoms with Crippen molar-refractivity contribution in [1.82, 2.24) is 15.1 Å². The summed E-state index contributed by atoms with van der Waals surface area (Å²) < 4.78 is 13.0. The van der Waals surface area contributed by atoms with Crippen molar-refractivity contribution in [2.24, 2.45) is 5.73 Å². The lowest BCUT2D eigenvalue weighted by molar-refractivity contribution is 0.0904. The summed E-state index contributed by atoms with van der Waals surface area (Å²) in [6, 6.07) is 6.83. The highest BCUT2D eigenvalue weighted by molar-refractivity contribution is 5.77. The third kappa shape index (κ3) is 2.36. The van der Waals surface area contributed by atoms with E-state index in [9.17, 15) is 9.18 Å². The molecule has 2 fully saturated rings. The van der Waals surface area contributed by atoms with Crippen molar-refractivity contribution in [1.29, 1.82) is 0 Å². The van der Waals surface area contributed by atoms with Gasteiger partial charge in [0.05, 0.1) is 6.04 Å². The van der Waals surface area contributed by atoms with E-state index in [1.807, 2.05) is 4.90 Å². The number of rotatable bonds is 3. The number of piperazine rings is 1. The minimum atomic E-state index is -0.236. The Bertz CT molecular complexity index is 492. The number of halogens is 1. The molecule has 2 heterocycles. The summed E-state index contributed by atoms with van der Waals surface area (Å²) in [5, 5.41) is 2.87. The molecule has 0 spiro atoms. The molecule has 20 heavy (non-hydrogen) atoms. The number of nitrogens with zero attached hydrogens (tertiary/aromatic N) is 2. The molecule has 3 rings (SSSR count). The molecule has 3 N–H and O–H groups in total. The van der Waals surface area contributed by atoms with E-state index in [4.69, 9.17) is 5.73 Å². The molecule has 0 aromatic heterocycles. The van der Waals surface area contributed by atoms with Gasteiger partial charge in [-0.05, 0) is 17.7 Å². The number of nitrogens with two attached hydrogens (primary N) is 1. The van der Waals surface area contributed by atoms with Crippen LogP contribution in [-0.4, -0.2) is 54.6 Å². The first-order valence-corrected chi connectivity index (χ1v) is 6.93. The van der Waals surface area contributed by atoms with E-state index >= 15 is 0 Å². The van der Waals surface area contributed by atoms with E-state index < -0.39 is 0 Å². The maximum absolute atomic E-state index is 13.0. The number of hydrogen-bond acceptors (Lipinski definition) is 3. The number of fused-ring (bicyclic) bond motifs is 1. The summed E-state index contributed by atoms with van der Waals surface area (Å²) in [4.78, 5) is 15.8. The van der Waals surface area contributed by atoms with Crippen LogP contribution in [0.25, 0.3) is 0 Å². The van der Waals surface area contributed by atoms with Crippen LogP contribution in [0.5, 0.6) is 0 Å². The monoisotopic (exact) mass is 278 g/mol. The number of nitrogens with one attached hydrogen (secondary N) is 1. The normalized spacial score (nSPS) is 24.4. The molecular formula is C14H19FN4O. The molecular weight excluding hydrogens is 259 g/mol. The van der Waals surface area contributed by atoms with Crippen LogP contribution in [0.2, 0.25) is 0 Å². The van der Waals surface area contributed by atoms with Gasteiger partial charge in [0.2, 0.25) is 0 Å². The number of hydrogen-bond donors (Lipinski definition) is 2. The number of carbonyl (C=O) groups excluding carboxylic acids is 1. The Hall–Kier alpha value is -1.66. The van der Waals surface area contributed by atoms with Gasteiger partial charge in [-0.2, -0.15) is 0 Å². The van der Waals surface area contributed by atoms with Crippen LogP contribution in [0.3, 0.4) is 0 Å². The minimum Gasteiger partial charge on any atom is -0.336 e. The average molecular weight is 278 g/mol. The zero-order chi connectivity index (χ0) is 14.1. The van der Waals surface area contributed by atoms with Crippen LogP contribution >= 0.6 is 0 Å². The number of carbonyl (C=O) groups is 1. The predicted molar refractivity (Wildman–Crippen MR) is 73.7 cm³/mol. The summed E-state index contributed by atoms with van der Waals surface area (Å²) in [7, 11) is 0. The quantitative estimate of drug-likeness (QED) is 0.848. The van der Waals surface area contributed by atoms with Crippen LogP contribution < -0.4 is 11.1 Å². The van der Waals surface area contributed by atoms with Crippen LogP contribution in [0.15, 0.2) is 24.3 Å². The molecule has 0 bridgehead atoms. The molecule has 0 saturated carbocycles. The summed E-state index contributed by atoms with van der Waals surface area (Å²) in [5.74, 6) is -0.236. The third-order valence-corrected chi connectivity index (χ3v) is 4.18. The molecule has 5 nitrogen and oxygen atoms in total. The van der Waals surface area contributed by atoms with Gasteiger partial charge in [0.1, 0.15) is 5.82 Å². The van der Waals surface area contributed by atoms with Crippen molar-refractivity contribution in [2.75, 3.05) is 32.7 Å². The number of amides is 2. The Labute approximate surface area is 117 Å². The lowest BCUT2D eigenvalue weighted by Gasteiger charge is -2.40. The van der Waals surface area contributed by atoms with Gasteiger partial charge in [-0.3, -0.25) is 4.90 Å². The van der Waals surface area contributed by atoms with Crippen LogP contribution in [0.1, 0.15) is 11.6 Å². The fourth-order valence-corrected chi connectivity index (χ4v) is 3.09. The second-order valence-corrected chi connectivity index (χ2v) is 5.33. The van der Waals surface area contributed by atoms with Crippen molar-refractivity contribution in [3.63, 3.8) is 0 Å². The number of benzene rings is 1. The van der Waals surface area contributed by atoms with Gasteiger partial charge < -0.3 is 16.0 Å². The van der Waals surface area contributed by atoms with Crippen molar-refractivity contribution in [2.45, 2.75) is 12.1 Å². The molecule has 2 aliphatic heterocycles. The molecule has 0 radical (unpaired) electrons. The van der Waals surface area contributed by atoms with Gasteiger partial charge in [-0.1, -0.05) is 12.1 Å². The van der Waals surface area contributed by atoms with Crippen LogP contribution in [0, 0.1) is 5.82 Å². The van der Waals surface area contributed by atoms with E-state index in [-0.39, 0.29) is 23.9 Å². The van der Waals surface area contributed by atoms with Crippen molar-refractivity contribution in [3.05, 3.63) is 35.6 Å². The summed E-state index contributed by atoms with van der Waals surface area (Å²) in [5.41, 5.74) is 6.93. The van der Waals surface area contributed by atoms with E-state index in [1.165, 1.54) is 12.1 Å². The van der Waals surface area contributed by atoms with Crippen molar-refractivity contribution < 1.29 is 9.18 Å². The Morgan fingerprint density at radius 1 is 1.35 bits per heavy atom. The van der Waals surface area contributed by atoms with Crippen LogP contribution in [-0.2, 0) is 0 Å². The first-order valence-electron chi connectivity index (χ1n) is 6.93. The topological polar surface area (TPSA) is 61.6 Å². The number of urea groups is 1.